The Hall–Kier alpha value is -1.59. The fourth-order valence-corrected chi connectivity index (χ4v) is 3.29. The van der Waals surface area contributed by atoms with Crippen LogP contribution in [-0.4, -0.2) is 43.2 Å². The molecule has 0 saturated carbocycles. The van der Waals surface area contributed by atoms with Gasteiger partial charge in [-0.3, -0.25) is 4.90 Å². The number of rotatable bonds is 4. The lowest BCUT2D eigenvalue weighted by Gasteiger charge is -2.35. The molecule has 1 aromatic carbocycles. The van der Waals surface area contributed by atoms with Gasteiger partial charge < -0.3 is 9.64 Å². The Labute approximate surface area is 130 Å². The van der Waals surface area contributed by atoms with Gasteiger partial charge in [-0.15, -0.1) is 11.3 Å². The number of methoxy groups -OCH3 is 1. The Bertz CT molecular complexity index is 591. The van der Waals surface area contributed by atoms with Crippen LogP contribution in [0, 0.1) is 6.92 Å². The van der Waals surface area contributed by atoms with Crippen LogP contribution in [-0.2, 0) is 6.54 Å². The number of thiazole rings is 1. The Morgan fingerprint density at radius 1 is 1.24 bits per heavy atom. The van der Waals surface area contributed by atoms with E-state index in [1.165, 1.54) is 11.4 Å². The molecule has 2 aromatic rings. The van der Waals surface area contributed by atoms with E-state index in [9.17, 15) is 0 Å². The molecule has 1 aliphatic heterocycles. The predicted molar refractivity (Wildman–Crippen MR) is 87.3 cm³/mol. The fraction of sp³-hybridized carbons (Fsp3) is 0.438. The predicted octanol–water partition coefficient (Wildman–Crippen LogP) is 2.78. The minimum absolute atomic E-state index is 0.924. The van der Waals surface area contributed by atoms with Crippen LogP contribution in [0.1, 0.15) is 10.7 Å². The molecule has 0 unspecified atom stereocenters. The van der Waals surface area contributed by atoms with Crippen molar-refractivity contribution in [2.75, 3.05) is 38.2 Å². The first-order valence-corrected chi connectivity index (χ1v) is 8.15. The average Bonchev–Trinajstić information content (AvgIpc) is 2.93. The topological polar surface area (TPSA) is 28.6 Å². The van der Waals surface area contributed by atoms with Crippen molar-refractivity contribution in [2.45, 2.75) is 13.5 Å². The van der Waals surface area contributed by atoms with E-state index >= 15 is 0 Å². The molecule has 1 fully saturated rings. The lowest BCUT2D eigenvalue weighted by Crippen LogP contribution is -2.46. The summed E-state index contributed by atoms with van der Waals surface area (Å²) in [6, 6.07) is 8.31. The van der Waals surface area contributed by atoms with Crippen molar-refractivity contribution < 1.29 is 4.74 Å². The zero-order valence-corrected chi connectivity index (χ0v) is 13.4. The smallest absolute Gasteiger partial charge is 0.120 e. The highest BCUT2D eigenvalue weighted by molar-refractivity contribution is 7.09. The summed E-state index contributed by atoms with van der Waals surface area (Å²) in [5.41, 5.74) is 2.45. The summed E-state index contributed by atoms with van der Waals surface area (Å²) >= 11 is 1.73. The average molecular weight is 303 g/mol. The molecule has 0 radical (unpaired) electrons. The second-order valence-corrected chi connectivity index (χ2v) is 6.38. The maximum Gasteiger partial charge on any atom is 0.120 e. The zero-order valence-electron chi connectivity index (χ0n) is 12.6. The van der Waals surface area contributed by atoms with Crippen molar-refractivity contribution in [2.24, 2.45) is 0 Å². The summed E-state index contributed by atoms with van der Waals surface area (Å²) in [6.45, 7) is 7.29. The highest BCUT2D eigenvalue weighted by atomic mass is 32.1. The molecule has 0 atom stereocenters. The van der Waals surface area contributed by atoms with Crippen molar-refractivity contribution in [3.05, 3.63) is 40.3 Å². The van der Waals surface area contributed by atoms with E-state index < -0.39 is 0 Å². The first kappa shape index (κ1) is 14.4. The second-order valence-electron chi connectivity index (χ2n) is 5.32. The van der Waals surface area contributed by atoms with Crippen LogP contribution >= 0.6 is 11.3 Å². The molecular formula is C16H21N3OS. The third kappa shape index (κ3) is 3.54. The van der Waals surface area contributed by atoms with E-state index in [2.05, 4.69) is 45.3 Å². The van der Waals surface area contributed by atoms with Gasteiger partial charge in [0.2, 0.25) is 0 Å². The molecule has 0 N–H and O–H groups in total. The Morgan fingerprint density at radius 2 is 2.05 bits per heavy atom. The Balaban J connectivity index is 1.57. The molecule has 0 aliphatic carbocycles. The molecule has 112 valence electrons. The van der Waals surface area contributed by atoms with E-state index in [4.69, 9.17) is 4.74 Å². The molecule has 1 aromatic heterocycles. The van der Waals surface area contributed by atoms with E-state index in [0.29, 0.717) is 0 Å². The van der Waals surface area contributed by atoms with Gasteiger partial charge in [0.1, 0.15) is 5.75 Å². The molecule has 1 saturated heterocycles. The minimum Gasteiger partial charge on any atom is -0.497 e. The van der Waals surface area contributed by atoms with Crippen LogP contribution in [0.3, 0.4) is 0 Å². The third-order valence-corrected chi connectivity index (χ3v) is 4.67. The SMILES string of the molecule is COc1cccc(N2CCN(Cc3csc(C)n3)CC2)c1. The van der Waals surface area contributed by atoms with Gasteiger partial charge in [-0.25, -0.2) is 4.98 Å². The summed E-state index contributed by atoms with van der Waals surface area (Å²) in [5, 5.41) is 3.32. The van der Waals surface area contributed by atoms with Crippen LogP contribution in [0.4, 0.5) is 5.69 Å². The van der Waals surface area contributed by atoms with Gasteiger partial charge in [0.15, 0.2) is 0 Å². The van der Waals surface area contributed by atoms with E-state index in [1.807, 2.05) is 6.07 Å². The molecule has 5 heteroatoms. The maximum atomic E-state index is 5.30. The van der Waals surface area contributed by atoms with Gasteiger partial charge in [-0.1, -0.05) is 6.07 Å². The van der Waals surface area contributed by atoms with Gasteiger partial charge in [0.25, 0.3) is 0 Å². The number of aromatic nitrogens is 1. The highest BCUT2D eigenvalue weighted by Gasteiger charge is 2.18. The van der Waals surface area contributed by atoms with Crippen molar-refractivity contribution in [1.29, 1.82) is 0 Å². The van der Waals surface area contributed by atoms with Crippen LogP contribution in [0.5, 0.6) is 5.75 Å². The first-order valence-electron chi connectivity index (χ1n) is 7.27. The third-order valence-electron chi connectivity index (χ3n) is 3.84. The van der Waals surface area contributed by atoms with Gasteiger partial charge in [-0.05, 0) is 19.1 Å². The number of aryl methyl sites for hydroxylation is 1. The number of hydrogen-bond donors (Lipinski definition) is 0. The summed E-state index contributed by atoms with van der Waals surface area (Å²) in [4.78, 5) is 9.45. The lowest BCUT2D eigenvalue weighted by atomic mass is 10.2. The van der Waals surface area contributed by atoms with E-state index in [-0.39, 0.29) is 0 Å². The second kappa shape index (κ2) is 6.45. The molecule has 1 aliphatic rings. The van der Waals surface area contributed by atoms with Gasteiger partial charge in [0.05, 0.1) is 17.8 Å². The normalized spacial score (nSPS) is 16.2. The number of piperazine rings is 1. The first-order chi connectivity index (χ1) is 10.2. The summed E-state index contributed by atoms with van der Waals surface area (Å²) < 4.78 is 5.30. The molecule has 0 amide bonds. The molecule has 0 spiro atoms. The van der Waals surface area contributed by atoms with Crippen LogP contribution in [0.25, 0.3) is 0 Å². The van der Waals surface area contributed by atoms with Crippen LogP contribution in [0.2, 0.25) is 0 Å². The largest absolute Gasteiger partial charge is 0.497 e. The Kier molecular flexibility index (Phi) is 4.41. The molecule has 0 bridgehead atoms. The Morgan fingerprint density at radius 3 is 2.71 bits per heavy atom. The summed E-state index contributed by atoms with van der Waals surface area (Å²) in [7, 11) is 1.72. The van der Waals surface area contributed by atoms with Gasteiger partial charge in [-0.2, -0.15) is 0 Å². The van der Waals surface area contributed by atoms with Gasteiger partial charge >= 0.3 is 0 Å². The molecule has 3 rings (SSSR count). The van der Waals surface area contributed by atoms with E-state index in [1.54, 1.807) is 18.4 Å². The molecule has 21 heavy (non-hydrogen) atoms. The molecule has 2 heterocycles. The summed E-state index contributed by atoms with van der Waals surface area (Å²) in [5.74, 6) is 0.924. The minimum atomic E-state index is 0.924. The quantitative estimate of drug-likeness (QED) is 0.868. The number of ether oxygens (including phenoxy) is 1. The van der Waals surface area contributed by atoms with Crippen LogP contribution in [0.15, 0.2) is 29.6 Å². The standard InChI is InChI=1S/C16H21N3OS/c1-13-17-14(12-21-13)11-18-6-8-19(9-7-18)15-4-3-5-16(10-15)20-2/h3-5,10,12H,6-9,11H2,1-2H3. The van der Waals surface area contributed by atoms with Crippen LogP contribution < -0.4 is 9.64 Å². The van der Waals surface area contributed by atoms with Crippen molar-refractivity contribution in [3.63, 3.8) is 0 Å². The van der Waals surface area contributed by atoms with E-state index in [0.717, 1.165) is 43.5 Å². The van der Waals surface area contributed by atoms with Crippen molar-refractivity contribution in [3.8, 4) is 5.75 Å². The number of hydrogen-bond acceptors (Lipinski definition) is 5. The monoisotopic (exact) mass is 303 g/mol. The maximum absolute atomic E-state index is 5.30. The molecular weight excluding hydrogens is 282 g/mol. The highest BCUT2D eigenvalue weighted by Crippen LogP contribution is 2.22. The number of benzene rings is 1. The number of anilines is 1. The fourth-order valence-electron chi connectivity index (χ4n) is 2.68. The molecule has 4 nitrogen and oxygen atoms in total. The van der Waals surface area contributed by atoms with Crippen molar-refractivity contribution >= 4 is 17.0 Å². The lowest BCUT2D eigenvalue weighted by molar-refractivity contribution is 0.247. The van der Waals surface area contributed by atoms with Gasteiger partial charge in [0, 0.05) is 49.9 Å². The number of nitrogens with zero attached hydrogens (tertiary/aromatic N) is 3. The zero-order chi connectivity index (χ0) is 14.7. The summed E-state index contributed by atoms with van der Waals surface area (Å²) in [6.07, 6.45) is 0. The van der Waals surface area contributed by atoms with Crippen molar-refractivity contribution in [1.82, 2.24) is 9.88 Å².